The van der Waals surface area contributed by atoms with Crippen molar-refractivity contribution < 1.29 is 28.5 Å². The van der Waals surface area contributed by atoms with Crippen LogP contribution in [0.2, 0.25) is 0 Å². The van der Waals surface area contributed by atoms with Gasteiger partial charge in [-0.3, -0.25) is 9.59 Å². The number of hydrogen-bond acceptors (Lipinski definition) is 6. The van der Waals surface area contributed by atoms with E-state index in [1.54, 1.807) is 56.5 Å². The third kappa shape index (κ3) is 3.79. The van der Waals surface area contributed by atoms with Gasteiger partial charge in [0.1, 0.15) is 5.75 Å². The van der Waals surface area contributed by atoms with E-state index >= 15 is 0 Å². The summed E-state index contributed by atoms with van der Waals surface area (Å²) in [6.45, 7) is 2.13. The van der Waals surface area contributed by atoms with E-state index in [9.17, 15) is 9.59 Å². The predicted octanol–water partition coefficient (Wildman–Crippen LogP) is 3.34. The standard InChI is InChI=1S/C20H20O6/c1-3-24-20(22)16(14-6-9-18-19(10-14)26-12-25-18)11-17(21)13-4-7-15(23-2)8-5-13/h4-10,16H,3,11-12H2,1-2H3. The lowest BCUT2D eigenvalue weighted by Gasteiger charge is -2.16. The third-order valence-electron chi connectivity index (χ3n) is 4.17. The van der Waals surface area contributed by atoms with Gasteiger partial charge in [0.2, 0.25) is 6.79 Å². The molecule has 0 N–H and O–H groups in total. The fraction of sp³-hybridized carbons (Fsp3) is 0.300. The Kier molecular flexibility index (Phi) is 5.41. The molecule has 136 valence electrons. The number of Topliss-reactive ketones (excluding diaryl/α,β-unsaturated/α-hetero) is 1. The lowest BCUT2D eigenvalue weighted by atomic mass is 9.91. The van der Waals surface area contributed by atoms with Crippen molar-refractivity contribution in [3.05, 3.63) is 53.6 Å². The molecule has 0 saturated heterocycles. The highest BCUT2D eigenvalue weighted by atomic mass is 16.7. The quantitative estimate of drug-likeness (QED) is 0.560. The molecule has 2 aromatic rings. The molecule has 1 aliphatic heterocycles. The molecular formula is C20H20O6. The zero-order valence-corrected chi connectivity index (χ0v) is 14.7. The average molecular weight is 356 g/mol. The van der Waals surface area contributed by atoms with Gasteiger partial charge in [-0.15, -0.1) is 0 Å². The molecule has 6 heteroatoms. The topological polar surface area (TPSA) is 71.1 Å². The van der Waals surface area contributed by atoms with Gasteiger partial charge in [0.15, 0.2) is 17.3 Å². The SMILES string of the molecule is CCOC(=O)C(CC(=O)c1ccc(OC)cc1)c1ccc2c(c1)OCO2. The molecule has 0 fully saturated rings. The van der Waals surface area contributed by atoms with Crippen molar-refractivity contribution in [3.8, 4) is 17.2 Å². The summed E-state index contributed by atoms with van der Waals surface area (Å²) in [4.78, 5) is 25.1. The maximum absolute atomic E-state index is 12.7. The van der Waals surface area contributed by atoms with E-state index in [2.05, 4.69) is 0 Å². The maximum atomic E-state index is 12.7. The fourth-order valence-electron chi connectivity index (χ4n) is 2.79. The van der Waals surface area contributed by atoms with Crippen LogP contribution in [0.1, 0.15) is 35.2 Å². The van der Waals surface area contributed by atoms with Crippen LogP contribution >= 0.6 is 0 Å². The van der Waals surface area contributed by atoms with Gasteiger partial charge in [0, 0.05) is 12.0 Å². The Labute approximate surface area is 151 Å². The fourth-order valence-corrected chi connectivity index (χ4v) is 2.79. The van der Waals surface area contributed by atoms with Crippen molar-refractivity contribution in [2.24, 2.45) is 0 Å². The van der Waals surface area contributed by atoms with Crippen LogP contribution in [0.5, 0.6) is 17.2 Å². The zero-order chi connectivity index (χ0) is 18.5. The molecule has 2 aromatic carbocycles. The molecule has 1 atom stereocenters. The summed E-state index contributed by atoms with van der Waals surface area (Å²) in [6.07, 6.45) is 0.00477. The Morgan fingerprint density at radius 2 is 1.81 bits per heavy atom. The molecule has 1 heterocycles. The number of methoxy groups -OCH3 is 1. The highest BCUT2D eigenvalue weighted by molar-refractivity contribution is 5.99. The molecule has 0 saturated carbocycles. The van der Waals surface area contributed by atoms with Crippen molar-refractivity contribution in [1.29, 1.82) is 0 Å². The average Bonchev–Trinajstić information content (AvgIpc) is 3.14. The molecule has 3 rings (SSSR count). The van der Waals surface area contributed by atoms with Crippen molar-refractivity contribution in [2.75, 3.05) is 20.5 Å². The number of carbonyl (C=O) groups is 2. The largest absolute Gasteiger partial charge is 0.497 e. The minimum atomic E-state index is -0.709. The van der Waals surface area contributed by atoms with Crippen LogP contribution in [0.25, 0.3) is 0 Å². The first-order valence-electron chi connectivity index (χ1n) is 8.35. The summed E-state index contributed by atoms with van der Waals surface area (Å²) >= 11 is 0. The second-order valence-corrected chi connectivity index (χ2v) is 5.77. The highest BCUT2D eigenvalue weighted by Crippen LogP contribution is 2.36. The van der Waals surface area contributed by atoms with Crippen LogP contribution in [0.3, 0.4) is 0 Å². The first kappa shape index (κ1) is 17.8. The number of benzene rings is 2. The summed E-state index contributed by atoms with van der Waals surface area (Å²) < 4.78 is 20.9. The number of ether oxygens (including phenoxy) is 4. The molecule has 0 aliphatic carbocycles. The normalized spacial score (nSPS) is 13.2. The van der Waals surface area contributed by atoms with E-state index in [4.69, 9.17) is 18.9 Å². The monoisotopic (exact) mass is 356 g/mol. The Bertz CT molecular complexity index is 796. The molecule has 1 unspecified atom stereocenters. The zero-order valence-electron chi connectivity index (χ0n) is 14.7. The molecule has 0 spiro atoms. The maximum Gasteiger partial charge on any atom is 0.313 e. The molecule has 1 aliphatic rings. The Hall–Kier alpha value is -3.02. The van der Waals surface area contributed by atoms with Gasteiger partial charge in [-0.1, -0.05) is 6.07 Å². The van der Waals surface area contributed by atoms with Gasteiger partial charge in [-0.25, -0.2) is 0 Å². The number of hydrogen-bond donors (Lipinski definition) is 0. The lowest BCUT2D eigenvalue weighted by molar-refractivity contribution is -0.144. The van der Waals surface area contributed by atoms with Crippen molar-refractivity contribution in [3.63, 3.8) is 0 Å². The molecule has 0 amide bonds. The Balaban J connectivity index is 1.83. The Morgan fingerprint density at radius 1 is 1.08 bits per heavy atom. The van der Waals surface area contributed by atoms with Gasteiger partial charge in [0.25, 0.3) is 0 Å². The van der Waals surface area contributed by atoms with Crippen molar-refractivity contribution in [2.45, 2.75) is 19.3 Å². The van der Waals surface area contributed by atoms with E-state index in [-0.39, 0.29) is 25.6 Å². The first-order chi connectivity index (χ1) is 12.6. The second kappa shape index (κ2) is 7.91. The van der Waals surface area contributed by atoms with Crippen LogP contribution in [0.15, 0.2) is 42.5 Å². The van der Waals surface area contributed by atoms with Gasteiger partial charge in [-0.2, -0.15) is 0 Å². The molecule has 6 nitrogen and oxygen atoms in total. The summed E-state index contributed by atoms with van der Waals surface area (Å²) in [5.74, 6) is 0.557. The van der Waals surface area contributed by atoms with Gasteiger partial charge < -0.3 is 18.9 Å². The van der Waals surface area contributed by atoms with Crippen LogP contribution in [0, 0.1) is 0 Å². The summed E-state index contributed by atoms with van der Waals surface area (Å²) in [7, 11) is 1.56. The number of ketones is 1. The van der Waals surface area contributed by atoms with Crippen LogP contribution in [-0.4, -0.2) is 32.3 Å². The molecule has 0 aromatic heterocycles. The van der Waals surface area contributed by atoms with Crippen LogP contribution in [0.4, 0.5) is 0 Å². The van der Waals surface area contributed by atoms with Gasteiger partial charge in [0.05, 0.1) is 19.6 Å². The van der Waals surface area contributed by atoms with E-state index in [0.29, 0.717) is 28.4 Å². The lowest BCUT2D eigenvalue weighted by Crippen LogP contribution is -2.19. The minimum Gasteiger partial charge on any atom is -0.497 e. The van der Waals surface area contributed by atoms with E-state index < -0.39 is 11.9 Å². The molecule has 0 radical (unpaired) electrons. The number of esters is 1. The smallest absolute Gasteiger partial charge is 0.313 e. The molecular weight excluding hydrogens is 336 g/mol. The van der Waals surface area contributed by atoms with Crippen molar-refractivity contribution >= 4 is 11.8 Å². The van der Waals surface area contributed by atoms with E-state index in [1.807, 2.05) is 0 Å². The summed E-state index contributed by atoms with van der Waals surface area (Å²) in [5, 5.41) is 0. The first-order valence-corrected chi connectivity index (χ1v) is 8.35. The molecule has 26 heavy (non-hydrogen) atoms. The second-order valence-electron chi connectivity index (χ2n) is 5.77. The Morgan fingerprint density at radius 3 is 2.50 bits per heavy atom. The number of rotatable bonds is 7. The predicted molar refractivity (Wildman–Crippen MR) is 93.9 cm³/mol. The van der Waals surface area contributed by atoms with E-state index in [1.165, 1.54) is 0 Å². The van der Waals surface area contributed by atoms with Crippen molar-refractivity contribution in [1.82, 2.24) is 0 Å². The van der Waals surface area contributed by atoms with Gasteiger partial charge in [-0.05, 0) is 48.9 Å². The molecule has 0 bridgehead atoms. The number of fused-ring (bicyclic) bond motifs is 1. The van der Waals surface area contributed by atoms with Crippen LogP contribution in [-0.2, 0) is 9.53 Å². The minimum absolute atomic E-state index is 0.00477. The van der Waals surface area contributed by atoms with Gasteiger partial charge >= 0.3 is 5.97 Å². The third-order valence-corrected chi connectivity index (χ3v) is 4.17. The summed E-state index contributed by atoms with van der Waals surface area (Å²) in [5.41, 5.74) is 1.18. The van der Waals surface area contributed by atoms with Crippen LogP contribution < -0.4 is 14.2 Å². The summed E-state index contributed by atoms with van der Waals surface area (Å²) in [6, 6.07) is 12.0. The number of carbonyl (C=O) groups excluding carboxylic acids is 2. The highest BCUT2D eigenvalue weighted by Gasteiger charge is 2.27. The van der Waals surface area contributed by atoms with E-state index in [0.717, 1.165) is 0 Å².